The first-order valence-electron chi connectivity index (χ1n) is 9.66. The van der Waals surface area contributed by atoms with Gasteiger partial charge in [0.05, 0.1) is 11.9 Å². The van der Waals surface area contributed by atoms with E-state index in [1.807, 2.05) is 24.3 Å². The van der Waals surface area contributed by atoms with E-state index in [4.69, 9.17) is 0 Å². The van der Waals surface area contributed by atoms with E-state index in [9.17, 15) is 17.6 Å². The van der Waals surface area contributed by atoms with Gasteiger partial charge in [-0.2, -0.15) is 0 Å². The fourth-order valence-corrected chi connectivity index (χ4v) is 4.73. The Morgan fingerprint density at radius 1 is 1.03 bits per heavy atom. The van der Waals surface area contributed by atoms with E-state index in [1.54, 1.807) is 0 Å². The lowest BCUT2D eigenvalue weighted by Gasteiger charge is -2.29. The summed E-state index contributed by atoms with van der Waals surface area (Å²) in [5, 5.41) is 2.77. The molecule has 1 fully saturated rings. The zero-order valence-corrected chi connectivity index (χ0v) is 17.5. The van der Waals surface area contributed by atoms with Crippen LogP contribution in [0.1, 0.15) is 26.2 Å². The summed E-state index contributed by atoms with van der Waals surface area (Å²) in [5.41, 5.74) is 1.94. The van der Waals surface area contributed by atoms with Gasteiger partial charge in [-0.3, -0.25) is 9.10 Å². The first-order chi connectivity index (χ1) is 13.8. The van der Waals surface area contributed by atoms with Crippen LogP contribution in [-0.4, -0.2) is 39.7 Å². The third-order valence-corrected chi connectivity index (χ3v) is 6.27. The van der Waals surface area contributed by atoms with Crippen LogP contribution in [0.2, 0.25) is 0 Å². The van der Waals surface area contributed by atoms with Crippen LogP contribution in [0.25, 0.3) is 0 Å². The van der Waals surface area contributed by atoms with Crippen molar-refractivity contribution in [3.8, 4) is 0 Å². The van der Waals surface area contributed by atoms with E-state index in [-0.39, 0.29) is 5.69 Å². The number of sulfonamides is 1. The van der Waals surface area contributed by atoms with Crippen molar-refractivity contribution in [2.75, 3.05) is 33.9 Å². The minimum Gasteiger partial charge on any atom is -0.372 e. The molecule has 2 aromatic carbocycles. The number of halogens is 1. The van der Waals surface area contributed by atoms with Crippen LogP contribution < -0.4 is 14.5 Å². The van der Waals surface area contributed by atoms with Crippen molar-refractivity contribution in [2.24, 2.45) is 0 Å². The summed E-state index contributed by atoms with van der Waals surface area (Å²) in [7, 11) is -3.75. The summed E-state index contributed by atoms with van der Waals surface area (Å²) in [6.45, 7) is 3.56. The second-order valence-corrected chi connectivity index (χ2v) is 9.15. The van der Waals surface area contributed by atoms with Crippen LogP contribution in [0.3, 0.4) is 0 Å². The van der Waals surface area contributed by atoms with E-state index in [0.29, 0.717) is 5.69 Å². The third-order valence-electron chi connectivity index (χ3n) is 5.03. The van der Waals surface area contributed by atoms with Gasteiger partial charge in [-0.05, 0) is 74.7 Å². The standard InChI is InChI=1S/C21H26FN3O3S/c1-16(25(29(2,27)28)20-10-6-17(22)7-11-20)21(26)23-18-8-12-19(13-9-18)24-14-4-3-5-15-24/h6-13,16H,3-5,14-15H2,1-2H3,(H,23,26). The van der Waals surface area contributed by atoms with E-state index in [0.717, 1.165) is 41.5 Å². The van der Waals surface area contributed by atoms with Crippen molar-refractivity contribution in [1.82, 2.24) is 0 Å². The van der Waals surface area contributed by atoms with Gasteiger partial charge in [0.15, 0.2) is 0 Å². The number of carbonyl (C=O) groups is 1. The van der Waals surface area contributed by atoms with Gasteiger partial charge in [0, 0.05) is 24.5 Å². The lowest BCUT2D eigenvalue weighted by Crippen LogP contribution is -2.45. The summed E-state index contributed by atoms with van der Waals surface area (Å²) < 4.78 is 38.8. The number of benzene rings is 2. The summed E-state index contributed by atoms with van der Waals surface area (Å²) >= 11 is 0. The summed E-state index contributed by atoms with van der Waals surface area (Å²) in [6.07, 6.45) is 4.64. The monoisotopic (exact) mass is 419 g/mol. The van der Waals surface area contributed by atoms with Crippen molar-refractivity contribution >= 4 is 33.0 Å². The Bertz CT molecular complexity index is 940. The van der Waals surface area contributed by atoms with Crippen molar-refractivity contribution in [3.05, 3.63) is 54.3 Å². The SMILES string of the molecule is CC(C(=O)Nc1ccc(N2CCCCC2)cc1)N(c1ccc(F)cc1)S(C)(=O)=O. The number of hydrogen-bond donors (Lipinski definition) is 1. The Labute approximate surface area is 171 Å². The molecular formula is C21H26FN3O3S. The van der Waals surface area contributed by atoms with Gasteiger partial charge >= 0.3 is 0 Å². The van der Waals surface area contributed by atoms with Gasteiger partial charge < -0.3 is 10.2 Å². The molecule has 8 heteroatoms. The minimum atomic E-state index is -3.75. The number of piperidine rings is 1. The molecule has 0 aliphatic carbocycles. The summed E-state index contributed by atoms with van der Waals surface area (Å²) in [6, 6.07) is 11.6. The van der Waals surface area contributed by atoms with Crippen molar-refractivity contribution < 1.29 is 17.6 Å². The number of nitrogens with zero attached hydrogens (tertiary/aromatic N) is 2. The molecule has 1 aliphatic heterocycles. The van der Waals surface area contributed by atoms with E-state index < -0.39 is 27.8 Å². The first-order valence-corrected chi connectivity index (χ1v) is 11.5. The van der Waals surface area contributed by atoms with Crippen LogP contribution in [-0.2, 0) is 14.8 Å². The quantitative estimate of drug-likeness (QED) is 0.777. The molecular weight excluding hydrogens is 393 g/mol. The Morgan fingerprint density at radius 2 is 1.62 bits per heavy atom. The molecule has 2 aromatic rings. The molecule has 0 bridgehead atoms. The zero-order chi connectivity index (χ0) is 21.0. The average Bonchev–Trinajstić information content (AvgIpc) is 2.70. The van der Waals surface area contributed by atoms with Gasteiger partial charge in [-0.25, -0.2) is 12.8 Å². The van der Waals surface area contributed by atoms with Crippen molar-refractivity contribution in [2.45, 2.75) is 32.2 Å². The predicted octanol–water partition coefficient (Wildman–Crippen LogP) is 3.61. The third kappa shape index (κ3) is 5.26. The van der Waals surface area contributed by atoms with Crippen molar-refractivity contribution in [3.63, 3.8) is 0 Å². The Hall–Kier alpha value is -2.61. The molecule has 1 saturated heterocycles. The average molecular weight is 420 g/mol. The number of anilines is 3. The first kappa shape index (κ1) is 21.1. The number of nitrogens with one attached hydrogen (secondary N) is 1. The normalized spacial score (nSPS) is 15.6. The smallest absolute Gasteiger partial charge is 0.247 e. The maximum Gasteiger partial charge on any atom is 0.247 e. The molecule has 0 aromatic heterocycles. The fraction of sp³-hybridized carbons (Fsp3) is 0.381. The molecule has 1 aliphatic rings. The van der Waals surface area contributed by atoms with Crippen LogP contribution in [0.4, 0.5) is 21.5 Å². The highest BCUT2D eigenvalue weighted by Gasteiger charge is 2.29. The number of hydrogen-bond acceptors (Lipinski definition) is 4. The Kier molecular flexibility index (Phi) is 6.42. The summed E-state index contributed by atoms with van der Waals surface area (Å²) in [5.74, 6) is -0.946. The zero-order valence-electron chi connectivity index (χ0n) is 16.6. The fourth-order valence-electron chi connectivity index (χ4n) is 3.55. The molecule has 1 unspecified atom stereocenters. The van der Waals surface area contributed by atoms with Gasteiger partial charge in [-0.1, -0.05) is 0 Å². The number of rotatable bonds is 6. The molecule has 1 heterocycles. The largest absolute Gasteiger partial charge is 0.372 e. The van der Waals surface area contributed by atoms with Crippen LogP contribution >= 0.6 is 0 Å². The summed E-state index contributed by atoms with van der Waals surface area (Å²) in [4.78, 5) is 15.0. The highest BCUT2D eigenvalue weighted by Crippen LogP contribution is 2.24. The van der Waals surface area contributed by atoms with Crippen molar-refractivity contribution in [1.29, 1.82) is 0 Å². The minimum absolute atomic E-state index is 0.233. The van der Waals surface area contributed by atoms with E-state index >= 15 is 0 Å². The lowest BCUT2D eigenvalue weighted by atomic mass is 10.1. The van der Waals surface area contributed by atoms with Gasteiger partial charge in [-0.15, -0.1) is 0 Å². The molecule has 0 radical (unpaired) electrons. The van der Waals surface area contributed by atoms with E-state index in [1.165, 1.54) is 38.3 Å². The molecule has 29 heavy (non-hydrogen) atoms. The topological polar surface area (TPSA) is 69.7 Å². The molecule has 1 amide bonds. The maximum atomic E-state index is 13.2. The second kappa shape index (κ2) is 8.82. The predicted molar refractivity (Wildman–Crippen MR) is 114 cm³/mol. The number of carbonyl (C=O) groups excluding carboxylic acids is 1. The van der Waals surface area contributed by atoms with Crippen LogP contribution in [0.5, 0.6) is 0 Å². The molecule has 3 rings (SSSR count). The highest BCUT2D eigenvalue weighted by molar-refractivity contribution is 7.92. The van der Waals surface area contributed by atoms with Gasteiger partial charge in [0.1, 0.15) is 11.9 Å². The molecule has 0 saturated carbocycles. The van der Waals surface area contributed by atoms with Gasteiger partial charge in [0.25, 0.3) is 0 Å². The van der Waals surface area contributed by atoms with E-state index in [2.05, 4.69) is 10.2 Å². The molecule has 1 N–H and O–H groups in total. The maximum absolute atomic E-state index is 13.2. The molecule has 0 spiro atoms. The molecule has 6 nitrogen and oxygen atoms in total. The van der Waals surface area contributed by atoms with Crippen LogP contribution in [0, 0.1) is 5.82 Å². The Morgan fingerprint density at radius 3 is 2.17 bits per heavy atom. The number of amides is 1. The Balaban J connectivity index is 1.73. The highest BCUT2D eigenvalue weighted by atomic mass is 32.2. The van der Waals surface area contributed by atoms with Crippen LogP contribution in [0.15, 0.2) is 48.5 Å². The molecule has 1 atom stereocenters. The second-order valence-electron chi connectivity index (χ2n) is 7.30. The lowest BCUT2D eigenvalue weighted by molar-refractivity contribution is -0.116. The molecule has 156 valence electrons. The van der Waals surface area contributed by atoms with Gasteiger partial charge in [0.2, 0.25) is 15.9 Å².